The van der Waals surface area contributed by atoms with Crippen molar-refractivity contribution in [3.8, 4) is 0 Å². The molecule has 1 fully saturated rings. The van der Waals surface area contributed by atoms with Crippen molar-refractivity contribution in [2.24, 2.45) is 0 Å². The molecule has 1 aromatic carbocycles. The number of anilines is 1. The second kappa shape index (κ2) is 9.47. The standard InChI is InChI=1S/C20H23F3N4OS/c1-2-12-27-18(14-8-4-3-5-9-14)25-26-19(27)29-13-17(28)24-16-11-7-6-10-15(16)20(21,22)23/h2,6-7,10-11,14H,1,3-5,8-9,12-13H2,(H,24,28). The van der Waals surface area contributed by atoms with Crippen LogP contribution in [0.25, 0.3) is 0 Å². The fraction of sp³-hybridized carbons (Fsp3) is 0.450. The number of rotatable bonds is 7. The number of thioether (sulfide) groups is 1. The van der Waals surface area contributed by atoms with Gasteiger partial charge in [0.05, 0.1) is 17.0 Å². The van der Waals surface area contributed by atoms with E-state index in [1.807, 2.05) is 4.57 Å². The molecule has 0 bridgehead atoms. The van der Waals surface area contributed by atoms with Crippen LogP contribution in [0.5, 0.6) is 0 Å². The first-order valence-corrected chi connectivity index (χ1v) is 10.5. The van der Waals surface area contributed by atoms with Crippen LogP contribution in [-0.4, -0.2) is 26.4 Å². The number of allylic oxidation sites excluding steroid dienone is 1. The fourth-order valence-corrected chi connectivity index (χ4v) is 4.28. The van der Waals surface area contributed by atoms with Crippen LogP contribution in [0.2, 0.25) is 0 Å². The van der Waals surface area contributed by atoms with Crippen molar-refractivity contribution in [1.29, 1.82) is 0 Å². The third-order valence-electron chi connectivity index (χ3n) is 4.87. The first kappa shape index (κ1) is 21.4. The molecular weight excluding hydrogens is 401 g/mol. The van der Waals surface area contributed by atoms with Crippen LogP contribution in [-0.2, 0) is 17.5 Å². The zero-order valence-corrected chi connectivity index (χ0v) is 16.7. The van der Waals surface area contributed by atoms with Crippen molar-refractivity contribution in [1.82, 2.24) is 14.8 Å². The lowest BCUT2D eigenvalue weighted by molar-refractivity contribution is -0.137. The third kappa shape index (κ3) is 5.41. The lowest BCUT2D eigenvalue weighted by Crippen LogP contribution is -2.18. The summed E-state index contributed by atoms with van der Waals surface area (Å²) in [5.74, 6) is 0.651. The summed E-state index contributed by atoms with van der Waals surface area (Å²) in [6, 6.07) is 4.93. The minimum absolute atomic E-state index is 0.0634. The number of nitrogens with zero attached hydrogens (tertiary/aromatic N) is 3. The molecule has 1 saturated carbocycles. The Balaban J connectivity index is 1.68. The van der Waals surface area contributed by atoms with E-state index in [1.165, 1.54) is 24.6 Å². The summed E-state index contributed by atoms with van der Waals surface area (Å²) in [4.78, 5) is 12.3. The zero-order valence-electron chi connectivity index (χ0n) is 15.9. The first-order valence-electron chi connectivity index (χ1n) is 9.53. The number of hydrogen-bond acceptors (Lipinski definition) is 4. The normalized spacial score (nSPS) is 15.3. The molecule has 2 aromatic rings. The number of benzene rings is 1. The number of amides is 1. The molecular formula is C20H23F3N4OS. The number of hydrogen-bond donors (Lipinski definition) is 1. The van der Waals surface area contributed by atoms with E-state index >= 15 is 0 Å². The molecule has 1 heterocycles. The molecule has 1 aromatic heterocycles. The molecule has 1 N–H and O–H groups in total. The van der Waals surface area contributed by atoms with Gasteiger partial charge in [0.1, 0.15) is 5.82 Å². The van der Waals surface area contributed by atoms with Crippen LogP contribution >= 0.6 is 11.8 Å². The largest absolute Gasteiger partial charge is 0.418 e. The monoisotopic (exact) mass is 424 g/mol. The van der Waals surface area contributed by atoms with Crippen molar-refractivity contribution < 1.29 is 18.0 Å². The van der Waals surface area contributed by atoms with Crippen molar-refractivity contribution in [2.45, 2.75) is 55.9 Å². The molecule has 0 unspecified atom stereocenters. The second-order valence-electron chi connectivity index (χ2n) is 6.96. The van der Waals surface area contributed by atoms with E-state index in [4.69, 9.17) is 0 Å². The Hall–Kier alpha value is -2.29. The number of carbonyl (C=O) groups excluding carboxylic acids is 1. The van der Waals surface area contributed by atoms with Crippen LogP contribution in [0.4, 0.5) is 18.9 Å². The van der Waals surface area contributed by atoms with Gasteiger partial charge in [-0.1, -0.05) is 49.2 Å². The summed E-state index contributed by atoms with van der Waals surface area (Å²) in [5.41, 5.74) is -1.12. The van der Waals surface area contributed by atoms with E-state index in [9.17, 15) is 18.0 Å². The minimum Gasteiger partial charge on any atom is -0.325 e. The number of carbonyl (C=O) groups is 1. The molecule has 3 rings (SSSR count). The van der Waals surface area contributed by atoms with E-state index < -0.39 is 17.6 Å². The van der Waals surface area contributed by atoms with Crippen molar-refractivity contribution in [3.63, 3.8) is 0 Å². The maximum atomic E-state index is 13.1. The minimum atomic E-state index is -4.53. The molecule has 0 radical (unpaired) electrons. The molecule has 0 aliphatic heterocycles. The van der Waals surface area contributed by atoms with Crippen LogP contribution < -0.4 is 5.32 Å². The first-order chi connectivity index (χ1) is 13.9. The molecule has 156 valence electrons. The number of para-hydroxylation sites is 1. The highest BCUT2D eigenvalue weighted by atomic mass is 32.2. The van der Waals surface area contributed by atoms with E-state index in [2.05, 4.69) is 22.1 Å². The average Bonchev–Trinajstić information content (AvgIpc) is 3.10. The Morgan fingerprint density at radius 1 is 1.24 bits per heavy atom. The highest BCUT2D eigenvalue weighted by Gasteiger charge is 2.33. The molecule has 5 nitrogen and oxygen atoms in total. The molecule has 0 spiro atoms. The van der Waals surface area contributed by atoms with Gasteiger partial charge in [-0.2, -0.15) is 13.2 Å². The third-order valence-corrected chi connectivity index (χ3v) is 5.83. The summed E-state index contributed by atoms with van der Waals surface area (Å²) < 4.78 is 41.2. The lowest BCUT2D eigenvalue weighted by Gasteiger charge is -2.21. The van der Waals surface area contributed by atoms with Crippen LogP contribution in [0, 0.1) is 0 Å². The van der Waals surface area contributed by atoms with Gasteiger partial charge in [0, 0.05) is 12.5 Å². The van der Waals surface area contributed by atoms with E-state index in [0.29, 0.717) is 17.6 Å². The predicted molar refractivity (Wildman–Crippen MR) is 107 cm³/mol. The van der Waals surface area contributed by atoms with Crippen LogP contribution in [0.1, 0.15) is 49.4 Å². The molecule has 0 saturated heterocycles. The van der Waals surface area contributed by atoms with Gasteiger partial charge in [-0.05, 0) is 25.0 Å². The Morgan fingerprint density at radius 2 is 1.97 bits per heavy atom. The van der Waals surface area contributed by atoms with Gasteiger partial charge in [-0.3, -0.25) is 4.79 Å². The van der Waals surface area contributed by atoms with Crippen molar-refractivity contribution >= 4 is 23.4 Å². The Bertz CT molecular complexity index is 860. The maximum absolute atomic E-state index is 13.1. The van der Waals surface area contributed by atoms with E-state index in [0.717, 1.165) is 49.3 Å². The van der Waals surface area contributed by atoms with Gasteiger partial charge >= 0.3 is 6.18 Å². The summed E-state index contributed by atoms with van der Waals surface area (Å²) >= 11 is 1.16. The number of aromatic nitrogens is 3. The SMILES string of the molecule is C=CCn1c(SCC(=O)Nc2ccccc2C(F)(F)F)nnc1C1CCCCC1. The van der Waals surface area contributed by atoms with Gasteiger partial charge in [0.15, 0.2) is 5.16 Å². The molecule has 1 aliphatic carbocycles. The van der Waals surface area contributed by atoms with Crippen molar-refractivity contribution in [3.05, 3.63) is 48.3 Å². The quantitative estimate of drug-likeness (QED) is 0.486. The average molecular weight is 424 g/mol. The van der Waals surface area contributed by atoms with Gasteiger partial charge in [0.25, 0.3) is 0 Å². The van der Waals surface area contributed by atoms with Gasteiger partial charge in [0.2, 0.25) is 5.91 Å². The van der Waals surface area contributed by atoms with Gasteiger partial charge in [-0.15, -0.1) is 16.8 Å². The topological polar surface area (TPSA) is 59.8 Å². The smallest absolute Gasteiger partial charge is 0.325 e. The second-order valence-corrected chi connectivity index (χ2v) is 7.90. The molecule has 1 amide bonds. The number of alkyl halides is 3. The molecule has 1 aliphatic rings. The predicted octanol–water partition coefficient (Wildman–Crippen LogP) is 5.26. The van der Waals surface area contributed by atoms with Crippen molar-refractivity contribution in [2.75, 3.05) is 11.1 Å². The number of halogens is 3. The highest BCUT2D eigenvalue weighted by molar-refractivity contribution is 7.99. The maximum Gasteiger partial charge on any atom is 0.418 e. The fourth-order valence-electron chi connectivity index (χ4n) is 3.53. The Morgan fingerprint density at radius 3 is 2.66 bits per heavy atom. The highest BCUT2D eigenvalue weighted by Crippen LogP contribution is 2.35. The molecule has 0 atom stereocenters. The number of nitrogens with one attached hydrogen (secondary N) is 1. The Kier molecular flexibility index (Phi) is 7.00. The van der Waals surface area contributed by atoms with Gasteiger partial charge in [-0.25, -0.2) is 0 Å². The molecule has 9 heteroatoms. The van der Waals surface area contributed by atoms with Gasteiger partial charge < -0.3 is 9.88 Å². The Labute approximate surface area is 171 Å². The zero-order chi connectivity index (χ0) is 20.9. The summed E-state index contributed by atoms with van der Waals surface area (Å²) in [7, 11) is 0. The van der Waals surface area contributed by atoms with E-state index in [1.54, 1.807) is 6.08 Å². The van der Waals surface area contributed by atoms with Crippen LogP contribution in [0.15, 0.2) is 42.1 Å². The van der Waals surface area contributed by atoms with E-state index in [-0.39, 0.29) is 11.4 Å². The molecule has 29 heavy (non-hydrogen) atoms. The van der Waals surface area contributed by atoms with Crippen LogP contribution in [0.3, 0.4) is 0 Å². The lowest BCUT2D eigenvalue weighted by atomic mass is 9.89. The summed E-state index contributed by atoms with van der Waals surface area (Å²) in [6.07, 6.45) is 2.90. The summed E-state index contributed by atoms with van der Waals surface area (Å²) in [5, 5.41) is 11.5. The summed E-state index contributed by atoms with van der Waals surface area (Å²) in [6.45, 7) is 4.30.